The second kappa shape index (κ2) is 9.12. The second-order valence-electron chi connectivity index (χ2n) is 7.82. The molecule has 166 valence electrons. The third-order valence-electron chi connectivity index (χ3n) is 5.71. The first-order chi connectivity index (χ1) is 15.4. The van der Waals surface area contributed by atoms with Gasteiger partial charge in [0, 0.05) is 31.0 Å². The number of hydrogen-bond donors (Lipinski definition) is 0. The molecule has 1 unspecified atom stereocenters. The topological polar surface area (TPSA) is 76.6 Å². The largest absolute Gasteiger partial charge is 0.475 e. The molecule has 1 amide bonds. The minimum absolute atomic E-state index is 0.0116. The molecule has 1 aromatic heterocycles. The van der Waals surface area contributed by atoms with Gasteiger partial charge in [-0.05, 0) is 65.1 Å². The first-order valence-corrected chi connectivity index (χ1v) is 12.4. The van der Waals surface area contributed by atoms with Crippen LogP contribution in [-0.4, -0.2) is 35.4 Å². The Balaban J connectivity index is 1.51. The maximum absolute atomic E-state index is 13.2. The highest BCUT2D eigenvalue weighted by Gasteiger charge is 2.26. The first kappa shape index (κ1) is 22.0. The van der Waals surface area contributed by atoms with Gasteiger partial charge < -0.3 is 9.64 Å². The van der Waals surface area contributed by atoms with Crippen molar-refractivity contribution in [2.75, 3.05) is 5.75 Å². The van der Waals surface area contributed by atoms with Crippen molar-refractivity contribution in [1.29, 1.82) is 0 Å². The Bertz CT molecular complexity index is 1230. The Hall–Kier alpha value is -3.19. The summed E-state index contributed by atoms with van der Waals surface area (Å²) in [5.41, 5.74) is 4.00. The number of sulfone groups is 1. The van der Waals surface area contributed by atoms with Gasteiger partial charge in [-0.3, -0.25) is 9.78 Å². The summed E-state index contributed by atoms with van der Waals surface area (Å²) >= 11 is 0. The summed E-state index contributed by atoms with van der Waals surface area (Å²) in [7, 11) is -3.34. The van der Waals surface area contributed by atoms with Gasteiger partial charge in [0.25, 0.3) is 5.91 Å². The first-order valence-electron chi connectivity index (χ1n) is 10.7. The van der Waals surface area contributed by atoms with E-state index in [1.807, 2.05) is 12.1 Å². The van der Waals surface area contributed by atoms with Gasteiger partial charge in [-0.15, -0.1) is 0 Å². The number of pyridine rings is 1. The predicted molar refractivity (Wildman–Crippen MR) is 124 cm³/mol. The number of benzene rings is 2. The zero-order valence-electron chi connectivity index (χ0n) is 18.2. The van der Waals surface area contributed by atoms with Gasteiger partial charge in [-0.2, -0.15) is 0 Å². The number of fused-ring (bicyclic) bond motifs is 1. The van der Waals surface area contributed by atoms with Gasteiger partial charge in [0.1, 0.15) is 5.75 Å². The number of rotatable bonds is 7. The van der Waals surface area contributed by atoms with Gasteiger partial charge in [0.05, 0.1) is 5.75 Å². The molecule has 0 N–H and O–H groups in total. The smallest absolute Gasteiger partial charge is 0.254 e. The van der Waals surface area contributed by atoms with E-state index in [2.05, 4.69) is 23.2 Å². The summed E-state index contributed by atoms with van der Waals surface area (Å²) < 4.78 is 30.2. The van der Waals surface area contributed by atoms with Crippen molar-refractivity contribution < 1.29 is 17.9 Å². The fraction of sp³-hybridized carbons (Fsp3) is 0.280. The van der Waals surface area contributed by atoms with Gasteiger partial charge in [0.15, 0.2) is 15.3 Å². The van der Waals surface area contributed by atoms with Gasteiger partial charge in [0.2, 0.25) is 0 Å². The highest BCUT2D eigenvalue weighted by atomic mass is 32.2. The van der Waals surface area contributed by atoms with E-state index < -0.39 is 15.3 Å². The van der Waals surface area contributed by atoms with E-state index in [0.29, 0.717) is 30.8 Å². The lowest BCUT2D eigenvalue weighted by Gasteiger charge is -2.19. The molecule has 2 heterocycles. The van der Waals surface area contributed by atoms with Crippen LogP contribution < -0.4 is 4.74 Å². The summed E-state index contributed by atoms with van der Waals surface area (Å²) in [4.78, 5) is 19.0. The van der Waals surface area contributed by atoms with Crippen LogP contribution in [0.5, 0.6) is 5.75 Å². The van der Waals surface area contributed by atoms with Crippen LogP contribution in [0, 0.1) is 0 Å². The lowest BCUT2D eigenvalue weighted by molar-refractivity contribution is 0.0751. The molecule has 4 rings (SSSR count). The molecule has 6 nitrogen and oxygen atoms in total. The monoisotopic (exact) mass is 450 g/mol. The van der Waals surface area contributed by atoms with E-state index in [1.54, 1.807) is 55.4 Å². The van der Waals surface area contributed by atoms with E-state index in [0.717, 1.165) is 22.3 Å². The molecule has 1 aliphatic heterocycles. The van der Waals surface area contributed by atoms with Crippen molar-refractivity contribution in [3.05, 3.63) is 83.7 Å². The summed E-state index contributed by atoms with van der Waals surface area (Å²) in [5, 5.41) is 0. The quantitative estimate of drug-likeness (QED) is 0.531. The maximum Gasteiger partial charge on any atom is 0.254 e. The average molecular weight is 451 g/mol. The molecule has 1 aliphatic rings. The third kappa shape index (κ3) is 4.53. The van der Waals surface area contributed by atoms with Crippen molar-refractivity contribution in [2.24, 2.45) is 0 Å². The van der Waals surface area contributed by atoms with Crippen LogP contribution >= 0.6 is 0 Å². The van der Waals surface area contributed by atoms with Crippen LogP contribution in [0.25, 0.3) is 11.1 Å². The van der Waals surface area contributed by atoms with Crippen molar-refractivity contribution in [1.82, 2.24) is 9.88 Å². The van der Waals surface area contributed by atoms with Crippen LogP contribution in [0.3, 0.4) is 0 Å². The molecule has 0 saturated heterocycles. The van der Waals surface area contributed by atoms with Crippen molar-refractivity contribution in [3.8, 4) is 16.9 Å². The van der Waals surface area contributed by atoms with Gasteiger partial charge in [-0.25, -0.2) is 8.42 Å². The lowest BCUT2D eigenvalue weighted by atomic mass is 10.0. The zero-order valence-corrected chi connectivity index (χ0v) is 19.0. The SMILES string of the molecule is CCC(Oc1cccc(C(=O)N2Cc3ccc(-c4ccncc4)cc3C2)c1)S(=O)(=O)CC. The third-order valence-corrected chi connectivity index (χ3v) is 7.75. The summed E-state index contributed by atoms with van der Waals surface area (Å²) in [5.74, 6) is 0.289. The molecule has 0 fully saturated rings. The van der Waals surface area contributed by atoms with Crippen molar-refractivity contribution >= 4 is 15.7 Å². The maximum atomic E-state index is 13.2. The Morgan fingerprint density at radius 3 is 2.47 bits per heavy atom. The molecule has 0 saturated carbocycles. The van der Waals surface area contributed by atoms with Crippen LogP contribution in [0.1, 0.15) is 41.8 Å². The Morgan fingerprint density at radius 1 is 1.00 bits per heavy atom. The fourth-order valence-corrected chi connectivity index (χ4v) is 5.03. The molecule has 0 aliphatic carbocycles. The normalized spacial score (nSPS) is 14.1. The van der Waals surface area contributed by atoms with Crippen LogP contribution in [-0.2, 0) is 22.9 Å². The van der Waals surface area contributed by atoms with E-state index in [-0.39, 0.29) is 11.7 Å². The zero-order chi connectivity index (χ0) is 22.7. The molecule has 2 aromatic carbocycles. The lowest BCUT2D eigenvalue weighted by Crippen LogP contribution is -2.28. The Kier molecular flexibility index (Phi) is 6.28. The molecule has 1 atom stereocenters. The van der Waals surface area contributed by atoms with Gasteiger partial charge in [-0.1, -0.05) is 32.0 Å². The molecular formula is C25H26N2O4S. The number of hydrogen-bond acceptors (Lipinski definition) is 5. The van der Waals surface area contributed by atoms with Crippen LogP contribution in [0.4, 0.5) is 0 Å². The number of carbonyl (C=O) groups excluding carboxylic acids is 1. The molecule has 0 bridgehead atoms. The van der Waals surface area contributed by atoms with E-state index in [1.165, 1.54) is 0 Å². The Morgan fingerprint density at radius 2 is 1.75 bits per heavy atom. The molecule has 3 aromatic rings. The second-order valence-corrected chi connectivity index (χ2v) is 10.2. The average Bonchev–Trinajstić information content (AvgIpc) is 3.26. The molecular weight excluding hydrogens is 424 g/mol. The highest BCUT2D eigenvalue weighted by Crippen LogP contribution is 2.30. The Labute approximate surface area is 188 Å². The predicted octanol–water partition coefficient (Wildman–Crippen LogP) is 4.45. The fourth-order valence-electron chi connectivity index (χ4n) is 3.90. The standard InChI is InChI=1S/C25H26N2O4S/c1-3-24(32(29,30)4-2)31-23-7-5-6-20(15-23)25(28)27-16-21-9-8-19(14-22(21)17-27)18-10-12-26-13-11-18/h5-15,24H,3-4,16-17H2,1-2H3. The van der Waals surface area contributed by atoms with Crippen LogP contribution in [0.2, 0.25) is 0 Å². The van der Waals surface area contributed by atoms with Gasteiger partial charge >= 0.3 is 0 Å². The molecule has 0 radical (unpaired) electrons. The number of amides is 1. The molecule has 0 spiro atoms. The number of nitrogens with zero attached hydrogens (tertiary/aromatic N) is 2. The molecule has 32 heavy (non-hydrogen) atoms. The number of carbonyl (C=O) groups is 1. The van der Waals surface area contributed by atoms with E-state index in [4.69, 9.17) is 4.74 Å². The molecule has 7 heteroatoms. The summed E-state index contributed by atoms with van der Waals surface area (Å²) in [6.45, 7) is 4.44. The minimum atomic E-state index is -3.34. The summed E-state index contributed by atoms with van der Waals surface area (Å²) in [6, 6.07) is 17.0. The highest BCUT2D eigenvalue weighted by molar-refractivity contribution is 7.91. The van der Waals surface area contributed by atoms with Crippen LogP contribution in [0.15, 0.2) is 67.0 Å². The number of ether oxygens (including phenoxy) is 1. The van der Waals surface area contributed by atoms with E-state index >= 15 is 0 Å². The summed E-state index contributed by atoms with van der Waals surface area (Å²) in [6.07, 6.45) is 3.88. The van der Waals surface area contributed by atoms with Crippen molar-refractivity contribution in [3.63, 3.8) is 0 Å². The van der Waals surface area contributed by atoms with E-state index in [9.17, 15) is 13.2 Å². The minimum Gasteiger partial charge on any atom is -0.475 e. The number of aromatic nitrogens is 1. The van der Waals surface area contributed by atoms with Crippen molar-refractivity contribution in [2.45, 2.75) is 38.8 Å².